The smallest absolute Gasteiger partial charge is 0.255 e. The first-order chi connectivity index (χ1) is 16.9. The van der Waals surface area contributed by atoms with Crippen LogP contribution in [0, 0.1) is 0 Å². The van der Waals surface area contributed by atoms with Crippen LogP contribution in [0.1, 0.15) is 31.4 Å². The van der Waals surface area contributed by atoms with E-state index in [1.165, 1.54) is 0 Å². The number of thioether (sulfide) groups is 1. The fourth-order valence-corrected chi connectivity index (χ4v) is 5.71. The van der Waals surface area contributed by atoms with Crippen molar-refractivity contribution in [1.82, 2.24) is 24.9 Å². The molecule has 184 valence electrons. The Labute approximate surface area is 207 Å². The summed E-state index contributed by atoms with van der Waals surface area (Å²) in [7, 11) is 0. The zero-order valence-electron chi connectivity index (χ0n) is 19.3. The van der Waals surface area contributed by atoms with Gasteiger partial charge in [0.05, 0.1) is 24.3 Å². The number of likely N-dealkylation sites (tertiary alicyclic amines) is 1. The molecule has 0 saturated carbocycles. The van der Waals surface area contributed by atoms with Crippen LogP contribution in [-0.4, -0.2) is 84.7 Å². The summed E-state index contributed by atoms with van der Waals surface area (Å²) in [5.41, 5.74) is 2.69. The van der Waals surface area contributed by atoms with Crippen LogP contribution in [0.5, 0.6) is 0 Å². The van der Waals surface area contributed by atoms with E-state index < -0.39 is 30.1 Å². The maximum absolute atomic E-state index is 13.1. The first-order valence-electron chi connectivity index (χ1n) is 11.7. The lowest BCUT2D eigenvalue weighted by atomic mass is 10.1. The quantitative estimate of drug-likeness (QED) is 0.523. The number of amides is 2. The highest BCUT2D eigenvalue weighted by Crippen LogP contribution is 2.36. The van der Waals surface area contributed by atoms with Crippen molar-refractivity contribution in [3.63, 3.8) is 0 Å². The summed E-state index contributed by atoms with van der Waals surface area (Å²) in [6.45, 7) is 3.75. The van der Waals surface area contributed by atoms with Gasteiger partial charge in [-0.05, 0) is 43.5 Å². The standard InChI is InChI=1S/C24H28N6O4S/c1-15(16-5-7-17(8-6-16)30-12-3-9-26-30)27-22(33)20(31)21(32)23(34)28-11-2-4-18(28)19-14-35-24-25-10-13-29(19)24/h3,5-9,12,14-15,18,20-21,31-32H,2,4,10-11,13H2,1H3,(H,27,33)/t15-,18-,20-,21-/m1/s1. The van der Waals surface area contributed by atoms with Gasteiger partial charge in [-0.15, -0.1) is 0 Å². The van der Waals surface area contributed by atoms with E-state index >= 15 is 0 Å². The molecule has 0 radical (unpaired) electrons. The van der Waals surface area contributed by atoms with Crippen LogP contribution in [0.2, 0.25) is 0 Å². The molecule has 11 heteroatoms. The zero-order chi connectivity index (χ0) is 24.5. The van der Waals surface area contributed by atoms with Gasteiger partial charge in [-0.2, -0.15) is 5.10 Å². The minimum Gasteiger partial charge on any atom is -0.380 e. The number of carbonyl (C=O) groups is 2. The molecule has 4 atom stereocenters. The third kappa shape index (κ3) is 4.58. The molecule has 2 aromatic rings. The normalized spacial score (nSPS) is 21.9. The molecule has 1 saturated heterocycles. The van der Waals surface area contributed by atoms with Crippen LogP contribution < -0.4 is 5.32 Å². The van der Waals surface area contributed by atoms with Crippen molar-refractivity contribution in [1.29, 1.82) is 0 Å². The molecule has 3 aliphatic rings. The summed E-state index contributed by atoms with van der Waals surface area (Å²) in [5, 5.41) is 30.9. The summed E-state index contributed by atoms with van der Waals surface area (Å²) < 4.78 is 1.72. The van der Waals surface area contributed by atoms with E-state index in [0.717, 1.165) is 48.0 Å². The van der Waals surface area contributed by atoms with Crippen molar-refractivity contribution in [3.8, 4) is 5.69 Å². The SMILES string of the molecule is C[C@@H](NC(=O)[C@H](O)[C@@H](O)C(=O)N1CCC[C@@H]1C1=CSC2=NCCN12)c1ccc(-n2cccn2)cc1. The fraction of sp³-hybridized carbons (Fsp3) is 0.417. The number of fused-ring (bicyclic) bond motifs is 1. The lowest BCUT2D eigenvalue weighted by molar-refractivity contribution is -0.153. The first kappa shape index (κ1) is 23.6. The van der Waals surface area contributed by atoms with E-state index in [0.29, 0.717) is 6.54 Å². The molecule has 0 unspecified atom stereocenters. The molecule has 2 amide bonds. The van der Waals surface area contributed by atoms with Crippen molar-refractivity contribution in [2.45, 2.75) is 44.1 Å². The van der Waals surface area contributed by atoms with E-state index in [1.807, 2.05) is 41.9 Å². The maximum atomic E-state index is 13.1. The number of aromatic nitrogens is 2. The van der Waals surface area contributed by atoms with Crippen molar-refractivity contribution >= 4 is 28.7 Å². The number of aliphatic imine (C=N–C) groups is 1. The van der Waals surface area contributed by atoms with E-state index in [1.54, 1.807) is 34.5 Å². The number of rotatable bonds is 7. The molecule has 5 rings (SSSR count). The van der Waals surface area contributed by atoms with Gasteiger partial charge in [-0.25, -0.2) is 4.68 Å². The van der Waals surface area contributed by atoms with E-state index in [9.17, 15) is 19.8 Å². The molecule has 35 heavy (non-hydrogen) atoms. The van der Waals surface area contributed by atoms with Gasteiger partial charge in [0.1, 0.15) is 0 Å². The number of aliphatic hydroxyl groups excluding tert-OH is 2. The Balaban J connectivity index is 1.20. The first-order valence-corrected chi connectivity index (χ1v) is 12.6. The highest BCUT2D eigenvalue weighted by atomic mass is 32.2. The molecule has 1 fully saturated rings. The number of carbonyl (C=O) groups excluding carboxylic acids is 2. The van der Waals surface area contributed by atoms with Crippen LogP contribution in [0.4, 0.5) is 0 Å². The second kappa shape index (κ2) is 9.84. The molecule has 3 N–H and O–H groups in total. The summed E-state index contributed by atoms with van der Waals surface area (Å²) in [6.07, 6.45) is 1.37. The van der Waals surface area contributed by atoms with Crippen LogP contribution in [-0.2, 0) is 9.59 Å². The Bertz CT molecular complexity index is 1150. The molecule has 1 aromatic heterocycles. The molecule has 4 heterocycles. The maximum Gasteiger partial charge on any atom is 0.255 e. The van der Waals surface area contributed by atoms with Crippen LogP contribution in [0.25, 0.3) is 5.69 Å². The third-order valence-electron chi connectivity index (χ3n) is 6.62. The Morgan fingerprint density at radius 3 is 2.71 bits per heavy atom. The summed E-state index contributed by atoms with van der Waals surface area (Å²) in [4.78, 5) is 33.9. The number of hydrogen-bond donors (Lipinski definition) is 3. The molecular weight excluding hydrogens is 468 g/mol. The highest BCUT2D eigenvalue weighted by Gasteiger charge is 2.42. The van der Waals surface area contributed by atoms with Gasteiger partial charge in [0.2, 0.25) is 0 Å². The Kier molecular flexibility index (Phi) is 6.63. The molecule has 0 aliphatic carbocycles. The van der Waals surface area contributed by atoms with Crippen molar-refractivity contribution in [3.05, 3.63) is 59.4 Å². The number of hydrogen-bond acceptors (Lipinski definition) is 8. The number of aliphatic hydroxyl groups is 2. The van der Waals surface area contributed by atoms with Crippen LogP contribution >= 0.6 is 11.8 Å². The number of nitrogens with zero attached hydrogens (tertiary/aromatic N) is 5. The molecule has 0 bridgehead atoms. The summed E-state index contributed by atoms with van der Waals surface area (Å²) >= 11 is 1.54. The summed E-state index contributed by atoms with van der Waals surface area (Å²) in [6, 6.07) is 8.66. The third-order valence-corrected chi connectivity index (χ3v) is 7.54. The molecule has 3 aliphatic heterocycles. The van der Waals surface area contributed by atoms with Gasteiger partial charge in [-0.1, -0.05) is 23.9 Å². The predicted octanol–water partition coefficient (Wildman–Crippen LogP) is 1.02. The van der Waals surface area contributed by atoms with Crippen molar-refractivity contribution < 1.29 is 19.8 Å². The number of benzene rings is 1. The molecular formula is C24H28N6O4S. The van der Waals surface area contributed by atoms with E-state index in [2.05, 4.69) is 20.3 Å². The van der Waals surface area contributed by atoms with Crippen LogP contribution in [0.3, 0.4) is 0 Å². The Morgan fingerprint density at radius 1 is 1.17 bits per heavy atom. The molecule has 10 nitrogen and oxygen atoms in total. The molecule has 1 aromatic carbocycles. The lowest BCUT2D eigenvalue weighted by Crippen LogP contribution is -2.53. The second-order valence-corrected chi connectivity index (χ2v) is 9.66. The number of nitrogens with one attached hydrogen (secondary N) is 1. The van der Waals surface area contributed by atoms with Crippen molar-refractivity contribution in [2.75, 3.05) is 19.6 Å². The van der Waals surface area contributed by atoms with Gasteiger partial charge in [-0.3, -0.25) is 14.6 Å². The van der Waals surface area contributed by atoms with E-state index in [4.69, 9.17) is 0 Å². The minimum absolute atomic E-state index is 0.196. The van der Waals surface area contributed by atoms with Crippen molar-refractivity contribution in [2.24, 2.45) is 4.99 Å². The largest absolute Gasteiger partial charge is 0.380 e. The molecule has 0 spiro atoms. The lowest BCUT2D eigenvalue weighted by Gasteiger charge is -2.32. The zero-order valence-corrected chi connectivity index (χ0v) is 20.1. The highest BCUT2D eigenvalue weighted by molar-refractivity contribution is 8.16. The Morgan fingerprint density at radius 2 is 1.97 bits per heavy atom. The van der Waals surface area contributed by atoms with E-state index in [-0.39, 0.29) is 6.04 Å². The average Bonchev–Trinajstić information content (AvgIpc) is 3.67. The van der Waals surface area contributed by atoms with Crippen LogP contribution in [0.15, 0.2) is 58.8 Å². The second-order valence-electron chi connectivity index (χ2n) is 8.83. The van der Waals surface area contributed by atoms with Gasteiger partial charge in [0.15, 0.2) is 17.4 Å². The van der Waals surface area contributed by atoms with Gasteiger partial charge in [0, 0.05) is 36.6 Å². The van der Waals surface area contributed by atoms with Gasteiger partial charge in [0.25, 0.3) is 11.8 Å². The number of amidine groups is 1. The fourth-order valence-electron chi connectivity index (χ4n) is 4.71. The topological polar surface area (TPSA) is 123 Å². The summed E-state index contributed by atoms with van der Waals surface area (Å²) in [5.74, 6) is -1.43. The monoisotopic (exact) mass is 496 g/mol. The van der Waals surface area contributed by atoms with Gasteiger partial charge < -0.3 is 25.3 Å². The minimum atomic E-state index is -1.87. The Hall–Kier alpha value is -3.15. The predicted molar refractivity (Wildman–Crippen MR) is 132 cm³/mol. The van der Waals surface area contributed by atoms with Gasteiger partial charge >= 0.3 is 0 Å². The average molecular weight is 497 g/mol.